The van der Waals surface area contributed by atoms with Crippen LogP contribution < -0.4 is 10.5 Å². The molecule has 0 aliphatic heterocycles. The zero-order valence-electron chi connectivity index (χ0n) is 12.9. The minimum Gasteiger partial charge on any atom is -0.483 e. The summed E-state index contributed by atoms with van der Waals surface area (Å²) in [5, 5.41) is 4.43. The van der Waals surface area contributed by atoms with Crippen LogP contribution in [0.4, 0.5) is 4.79 Å². The standard InChI is InChI=1S/C16H19N3O4/c1-2-3-10-21-16(20)23-19-14(17)11-22-13-8-4-6-12-7-5-9-18-15(12)13/h4-9H,2-3,10-11H2,1H3,(H2,17,19). The molecule has 23 heavy (non-hydrogen) atoms. The van der Waals surface area contributed by atoms with Gasteiger partial charge in [-0.3, -0.25) is 9.82 Å². The van der Waals surface area contributed by atoms with Gasteiger partial charge in [-0.25, -0.2) is 4.79 Å². The average molecular weight is 317 g/mol. The Kier molecular flexibility index (Phi) is 6.17. The molecule has 7 nitrogen and oxygen atoms in total. The SMILES string of the molecule is CCCCOC(=O)O/N=C(\N)COc1cccc2cccnc12. The number of para-hydroxylation sites is 1. The first-order valence-electron chi connectivity index (χ1n) is 7.33. The summed E-state index contributed by atoms with van der Waals surface area (Å²) in [6, 6.07) is 9.35. The number of benzene rings is 1. The summed E-state index contributed by atoms with van der Waals surface area (Å²) in [5.41, 5.74) is 6.37. The molecule has 0 bridgehead atoms. The molecule has 122 valence electrons. The van der Waals surface area contributed by atoms with Gasteiger partial charge in [-0.15, -0.1) is 0 Å². The average Bonchev–Trinajstić information content (AvgIpc) is 2.58. The van der Waals surface area contributed by atoms with Crippen molar-refractivity contribution < 1.29 is 19.1 Å². The molecule has 0 aliphatic rings. The zero-order valence-corrected chi connectivity index (χ0v) is 12.9. The van der Waals surface area contributed by atoms with Crippen molar-refractivity contribution in [2.45, 2.75) is 19.8 Å². The summed E-state index contributed by atoms with van der Waals surface area (Å²) in [6.45, 7) is 2.26. The molecule has 0 amide bonds. The number of nitrogens with zero attached hydrogens (tertiary/aromatic N) is 2. The van der Waals surface area contributed by atoms with E-state index in [-0.39, 0.29) is 12.4 Å². The highest BCUT2D eigenvalue weighted by molar-refractivity contribution is 5.85. The van der Waals surface area contributed by atoms with Crippen LogP contribution in [0.2, 0.25) is 0 Å². The molecule has 2 N–H and O–H groups in total. The van der Waals surface area contributed by atoms with E-state index in [4.69, 9.17) is 15.2 Å². The van der Waals surface area contributed by atoms with Crippen molar-refractivity contribution in [3.8, 4) is 5.75 Å². The summed E-state index contributed by atoms with van der Waals surface area (Å²) in [6.07, 6.45) is 2.49. The van der Waals surface area contributed by atoms with E-state index in [0.717, 1.165) is 23.7 Å². The van der Waals surface area contributed by atoms with Gasteiger partial charge in [0.05, 0.1) is 6.61 Å². The van der Waals surface area contributed by atoms with Crippen LogP contribution in [0.25, 0.3) is 10.9 Å². The third-order valence-electron chi connectivity index (χ3n) is 2.93. The summed E-state index contributed by atoms with van der Waals surface area (Å²) in [5.74, 6) is 0.595. The van der Waals surface area contributed by atoms with Crippen LogP contribution >= 0.6 is 0 Å². The maximum Gasteiger partial charge on any atom is 0.535 e. The molecular formula is C16H19N3O4. The van der Waals surface area contributed by atoms with E-state index in [1.807, 2.05) is 31.2 Å². The molecule has 2 aromatic rings. The number of rotatable bonds is 7. The molecule has 2 rings (SSSR count). The molecule has 0 radical (unpaired) electrons. The van der Waals surface area contributed by atoms with Gasteiger partial charge in [0.2, 0.25) is 0 Å². The van der Waals surface area contributed by atoms with Crippen molar-refractivity contribution >= 4 is 22.9 Å². The lowest BCUT2D eigenvalue weighted by Crippen LogP contribution is -2.22. The molecule has 7 heteroatoms. The quantitative estimate of drug-likeness (QED) is 0.211. The molecule has 1 aromatic carbocycles. The predicted molar refractivity (Wildman–Crippen MR) is 86.2 cm³/mol. The number of pyridine rings is 1. The molecule has 0 saturated carbocycles. The second-order valence-electron chi connectivity index (χ2n) is 4.75. The van der Waals surface area contributed by atoms with Crippen molar-refractivity contribution in [2.75, 3.05) is 13.2 Å². The van der Waals surface area contributed by atoms with Crippen LogP contribution in [0, 0.1) is 0 Å². The van der Waals surface area contributed by atoms with E-state index in [0.29, 0.717) is 12.4 Å². The number of hydrogen-bond donors (Lipinski definition) is 1. The van der Waals surface area contributed by atoms with Crippen LogP contribution in [0.5, 0.6) is 5.75 Å². The number of fused-ring (bicyclic) bond motifs is 1. The number of carbonyl (C=O) groups is 1. The Bertz CT molecular complexity index is 683. The molecule has 1 heterocycles. The lowest BCUT2D eigenvalue weighted by Gasteiger charge is -2.07. The van der Waals surface area contributed by atoms with Gasteiger partial charge in [0.1, 0.15) is 17.9 Å². The highest BCUT2D eigenvalue weighted by Gasteiger charge is 2.06. The van der Waals surface area contributed by atoms with Gasteiger partial charge in [-0.05, 0) is 18.6 Å². The minimum absolute atomic E-state index is 0.0189. The number of oxime groups is 1. The first kappa shape index (κ1) is 16.5. The number of nitrogens with two attached hydrogens (primary N) is 1. The number of hydrogen-bond acceptors (Lipinski definition) is 6. The second kappa shape index (κ2) is 8.57. The highest BCUT2D eigenvalue weighted by atomic mass is 16.8. The lowest BCUT2D eigenvalue weighted by atomic mass is 10.2. The van der Waals surface area contributed by atoms with E-state index in [1.165, 1.54) is 0 Å². The van der Waals surface area contributed by atoms with E-state index in [2.05, 4.69) is 15.0 Å². The Morgan fingerprint density at radius 2 is 2.13 bits per heavy atom. The van der Waals surface area contributed by atoms with Crippen LogP contribution in [-0.4, -0.2) is 30.2 Å². The van der Waals surface area contributed by atoms with Gasteiger partial charge < -0.3 is 15.2 Å². The van der Waals surface area contributed by atoms with Crippen LogP contribution in [0.15, 0.2) is 41.7 Å². The molecule has 0 unspecified atom stereocenters. The van der Waals surface area contributed by atoms with Crippen molar-refractivity contribution in [1.29, 1.82) is 0 Å². The monoisotopic (exact) mass is 317 g/mol. The van der Waals surface area contributed by atoms with Gasteiger partial charge >= 0.3 is 6.16 Å². The lowest BCUT2D eigenvalue weighted by molar-refractivity contribution is 0.0560. The molecule has 0 saturated heterocycles. The Hall–Kier alpha value is -2.83. The first-order valence-corrected chi connectivity index (χ1v) is 7.33. The van der Waals surface area contributed by atoms with Crippen molar-refractivity contribution in [3.05, 3.63) is 36.5 Å². The number of ether oxygens (including phenoxy) is 2. The maximum absolute atomic E-state index is 11.2. The summed E-state index contributed by atoms with van der Waals surface area (Å²) in [7, 11) is 0. The Morgan fingerprint density at radius 3 is 2.96 bits per heavy atom. The number of aromatic nitrogens is 1. The fourth-order valence-electron chi connectivity index (χ4n) is 1.79. The first-order chi connectivity index (χ1) is 11.2. The van der Waals surface area contributed by atoms with Crippen molar-refractivity contribution in [3.63, 3.8) is 0 Å². The molecule has 0 aliphatic carbocycles. The molecule has 0 fully saturated rings. The smallest absolute Gasteiger partial charge is 0.483 e. The molecular weight excluding hydrogens is 298 g/mol. The normalized spacial score (nSPS) is 11.3. The van der Waals surface area contributed by atoms with Gasteiger partial charge in [0, 0.05) is 11.6 Å². The Balaban J connectivity index is 1.87. The van der Waals surface area contributed by atoms with E-state index in [1.54, 1.807) is 12.3 Å². The van der Waals surface area contributed by atoms with Crippen molar-refractivity contribution in [2.24, 2.45) is 10.9 Å². The zero-order chi connectivity index (χ0) is 16.5. The molecule has 1 aromatic heterocycles. The molecule has 0 atom stereocenters. The second-order valence-corrected chi connectivity index (χ2v) is 4.75. The van der Waals surface area contributed by atoms with E-state index >= 15 is 0 Å². The third kappa shape index (κ3) is 5.14. The van der Waals surface area contributed by atoms with Gasteiger partial charge in [0.15, 0.2) is 5.84 Å². The predicted octanol–water partition coefficient (Wildman–Crippen LogP) is 2.84. The number of unbranched alkanes of at least 4 members (excludes halogenated alkanes) is 1. The Morgan fingerprint density at radius 1 is 1.30 bits per heavy atom. The third-order valence-corrected chi connectivity index (χ3v) is 2.93. The van der Waals surface area contributed by atoms with E-state index in [9.17, 15) is 4.79 Å². The number of amidine groups is 1. The minimum atomic E-state index is -0.881. The topological polar surface area (TPSA) is 96.0 Å². The summed E-state index contributed by atoms with van der Waals surface area (Å²) >= 11 is 0. The highest BCUT2D eigenvalue weighted by Crippen LogP contribution is 2.22. The van der Waals surface area contributed by atoms with Gasteiger partial charge in [-0.1, -0.05) is 36.7 Å². The Labute approximate surface area is 134 Å². The fraction of sp³-hybridized carbons (Fsp3) is 0.312. The van der Waals surface area contributed by atoms with Crippen LogP contribution in [0.1, 0.15) is 19.8 Å². The summed E-state index contributed by atoms with van der Waals surface area (Å²) in [4.78, 5) is 20.0. The fourth-order valence-corrected chi connectivity index (χ4v) is 1.79. The molecule has 0 spiro atoms. The van der Waals surface area contributed by atoms with Gasteiger partial charge in [0.25, 0.3) is 0 Å². The van der Waals surface area contributed by atoms with E-state index < -0.39 is 6.16 Å². The van der Waals surface area contributed by atoms with Gasteiger partial charge in [-0.2, -0.15) is 0 Å². The van der Waals surface area contributed by atoms with Crippen LogP contribution in [0.3, 0.4) is 0 Å². The summed E-state index contributed by atoms with van der Waals surface area (Å²) < 4.78 is 10.3. The van der Waals surface area contributed by atoms with Crippen molar-refractivity contribution in [1.82, 2.24) is 4.98 Å². The maximum atomic E-state index is 11.2. The number of carbonyl (C=O) groups excluding carboxylic acids is 1. The van der Waals surface area contributed by atoms with Crippen LogP contribution in [-0.2, 0) is 9.57 Å². The largest absolute Gasteiger partial charge is 0.535 e.